The summed E-state index contributed by atoms with van der Waals surface area (Å²) in [5.74, 6) is -1.69. The van der Waals surface area contributed by atoms with Crippen LogP contribution in [0.4, 0.5) is 4.39 Å². The molecule has 0 amide bonds. The van der Waals surface area contributed by atoms with Crippen LogP contribution in [-0.2, 0) is 9.59 Å². The van der Waals surface area contributed by atoms with Crippen LogP contribution in [-0.4, -0.2) is 22.5 Å². The van der Waals surface area contributed by atoms with Crippen molar-refractivity contribution in [1.29, 1.82) is 0 Å². The lowest BCUT2D eigenvalue weighted by Gasteiger charge is -2.19. The quantitative estimate of drug-likeness (QED) is 0.581. The molecule has 0 aliphatic heterocycles. The summed E-state index contributed by atoms with van der Waals surface area (Å²) in [6, 6.07) is 9.49. The van der Waals surface area contributed by atoms with Crippen molar-refractivity contribution < 1.29 is 14.0 Å². The molecule has 1 aromatic carbocycles. The van der Waals surface area contributed by atoms with Gasteiger partial charge >= 0.3 is 0 Å². The molecule has 0 saturated heterocycles. The second kappa shape index (κ2) is 5.89. The lowest BCUT2D eigenvalue weighted by Crippen LogP contribution is -2.17. The number of hydrogen-bond donors (Lipinski definition) is 1. The first-order valence-corrected chi connectivity index (χ1v) is 6.82. The fraction of sp³-hybridized carbons (Fsp3) is 0.118. The molecular formula is C17H13FN2O2. The Labute approximate surface area is 126 Å². The first kappa shape index (κ1) is 14.1. The molecule has 1 atom stereocenters. The summed E-state index contributed by atoms with van der Waals surface area (Å²) >= 11 is 0. The van der Waals surface area contributed by atoms with Gasteiger partial charge in [0.05, 0.1) is 5.92 Å². The normalized spacial score (nSPS) is 12.5. The van der Waals surface area contributed by atoms with Crippen LogP contribution in [0.1, 0.15) is 17.0 Å². The van der Waals surface area contributed by atoms with E-state index in [9.17, 15) is 14.0 Å². The van der Waals surface area contributed by atoms with Gasteiger partial charge in [-0.2, -0.15) is 0 Å². The molecule has 0 radical (unpaired) electrons. The number of hydrogen-bond acceptors (Lipinski definition) is 3. The molecule has 110 valence electrons. The van der Waals surface area contributed by atoms with E-state index in [1.807, 2.05) is 6.07 Å². The Morgan fingerprint density at radius 2 is 1.82 bits per heavy atom. The summed E-state index contributed by atoms with van der Waals surface area (Å²) in [5.41, 5.74) is 2.18. The maximum Gasteiger partial charge on any atom is 0.137 e. The van der Waals surface area contributed by atoms with Gasteiger partial charge in [0.25, 0.3) is 0 Å². The Kier molecular flexibility index (Phi) is 3.78. The van der Waals surface area contributed by atoms with Crippen molar-refractivity contribution in [3.8, 4) is 0 Å². The topological polar surface area (TPSA) is 62.8 Å². The minimum atomic E-state index is -0.843. The molecule has 0 saturated carbocycles. The molecule has 0 bridgehead atoms. The van der Waals surface area contributed by atoms with E-state index in [4.69, 9.17) is 0 Å². The van der Waals surface area contributed by atoms with Crippen LogP contribution >= 0.6 is 0 Å². The summed E-state index contributed by atoms with van der Waals surface area (Å²) < 4.78 is 13.2. The van der Waals surface area contributed by atoms with Crippen molar-refractivity contribution in [3.63, 3.8) is 0 Å². The Morgan fingerprint density at radius 1 is 1.09 bits per heavy atom. The zero-order chi connectivity index (χ0) is 15.5. The Balaban J connectivity index is 2.18. The summed E-state index contributed by atoms with van der Waals surface area (Å²) in [5, 5.41) is 0.838. The average Bonchev–Trinajstić information content (AvgIpc) is 2.97. The molecule has 3 rings (SSSR count). The second-order valence-electron chi connectivity index (χ2n) is 5.02. The van der Waals surface area contributed by atoms with E-state index in [0.717, 1.165) is 10.9 Å². The third kappa shape index (κ3) is 2.41. The van der Waals surface area contributed by atoms with Crippen LogP contribution in [0, 0.1) is 11.7 Å². The smallest absolute Gasteiger partial charge is 0.137 e. The number of aldehydes is 2. The van der Waals surface area contributed by atoms with E-state index in [0.29, 0.717) is 23.8 Å². The highest BCUT2D eigenvalue weighted by Crippen LogP contribution is 2.34. The van der Waals surface area contributed by atoms with Gasteiger partial charge < -0.3 is 14.6 Å². The number of H-pyrrole nitrogens is 1. The van der Waals surface area contributed by atoms with Gasteiger partial charge in [-0.15, -0.1) is 0 Å². The fourth-order valence-corrected chi connectivity index (χ4v) is 2.70. The highest BCUT2D eigenvalue weighted by molar-refractivity contribution is 5.85. The van der Waals surface area contributed by atoms with Crippen molar-refractivity contribution in [2.45, 2.75) is 5.92 Å². The number of carbonyl (C=O) groups is 2. The van der Waals surface area contributed by atoms with Gasteiger partial charge in [-0.25, -0.2) is 9.37 Å². The van der Waals surface area contributed by atoms with Crippen molar-refractivity contribution in [2.24, 2.45) is 5.92 Å². The molecule has 5 heteroatoms. The molecule has 4 nitrogen and oxygen atoms in total. The van der Waals surface area contributed by atoms with Gasteiger partial charge in [0.1, 0.15) is 24.0 Å². The largest absolute Gasteiger partial charge is 0.346 e. The van der Waals surface area contributed by atoms with E-state index >= 15 is 0 Å². The number of aromatic amines is 1. The summed E-state index contributed by atoms with van der Waals surface area (Å²) in [7, 11) is 0. The predicted octanol–water partition coefficient (Wildman–Crippen LogP) is 2.85. The molecule has 0 aliphatic carbocycles. The lowest BCUT2D eigenvalue weighted by molar-refractivity contribution is -0.119. The maximum absolute atomic E-state index is 13.2. The summed E-state index contributed by atoms with van der Waals surface area (Å²) in [6.45, 7) is 0. The highest BCUT2D eigenvalue weighted by Gasteiger charge is 2.27. The molecular weight excluding hydrogens is 283 g/mol. The molecule has 0 spiro atoms. The molecule has 2 aromatic heterocycles. The van der Waals surface area contributed by atoms with Crippen LogP contribution in [0.3, 0.4) is 0 Å². The van der Waals surface area contributed by atoms with Crippen LogP contribution in [0.25, 0.3) is 11.0 Å². The van der Waals surface area contributed by atoms with Crippen molar-refractivity contribution in [3.05, 3.63) is 65.7 Å². The zero-order valence-corrected chi connectivity index (χ0v) is 11.6. The van der Waals surface area contributed by atoms with Crippen LogP contribution in [0.5, 0.6) is 0 Å². The number of carbonyl (C=O) groups excluding carboxylic acids is 2. The predicted molar refractivity (Wildman–Crippen MR) is 80.0 cm³/mol. The Bertz CT molecular complexity index is 803. The molecule has 1 unspecified atom stereocenters. The van der Waals surface area contributed by atoms with Crippen LogP contribution < -0.4 is 0 Å². The van der Waals surface area contributed by atoms with Gasteiger partial charge in [-0.3, -0.25) is 0 Å². The maximum atomic E-state index is 13.2. The number of aromatic nitrogens is 2. The number of nitrogens with zero attached hydrogens (tertiary/aromatic N) is 1. The molecule has 22 heavy (non-hydrogen) atoms. The standard InChI is InChI=1S/C17H13FN2O2/c18-13-5-3-11(4-6-13)16(12(9-21)10-22)15-8-20-17-14(15)2-1-7-19-17/h1-10,12,16H,(H,19,20). The Hall–Kier alpha value is -2.82. The van der Waals surface area contributed by atoms with Crippen molar-refractivity contribution >= 4 is 23.6 Å². The number of nitrogens with one attached hydrogen (secondary N) is 1. The van der Waals surface area contributed by atoms with E-state index in [1.165, 1.54) is 12.1 Å². The van der Waals surface area contributed by atoms with Crippen molar-refractivity contribution in [2.75, 3.05) is 0 Å². The van der Waals surface area contributed by atoms with Crippen molar-refractivity contribution in [1.82, 2.24) is 9.97 Å². The number of rotatable bonds is 5. The lowest BCUT2D eigenvalue weighted by atomic mass is 9.82. The molecule has 2 heterocycles. The molecule has 0 aliphatic rings. The fourth-order valence-electron chi connectivity index (χ4n) is 2.70. The van der Waals surface area contributed by atoms with E-state index in [2.05, 4.69) is 9.97 Å². The van der Waals surface area contributed by atoms with Gasteiger partial charge in [-0.05, 0) is 35.4 Å². The highest BCUT2D eigenvalue weighted by atomic mass is 19.1. The first-order valence-electron chi connectivity index (χ1n) is 6.82. The van der Waals surface area contributed by atoms with Crippen LogP contribution in [0.2, 0.25) is 0 Å². The molecule has 3 aromatic rings. The van der Waals surface area contributed by atoms with Gasteiger partial charge in [0.2, 0.25) is 0 Å². The third-order valence-corrected chi connectivity index (χ3v) is 3.75. The summed E-state index contributed by atoms with van der Waals surface area (Å²) in [6.07, 6.45) is 4.64. The number of halogens is 1. The van der Waals surface area contributed by atoms with Gasteiger partial charge in [0.15, 0.2) is 0 Å². The Morgan fingerprint density at radius 3 is 2.50 bits per heavy atom. The van der Waals surface area contributed by atoms with E-state index < -0.39 is 11.8 Å². The second-order valence-corrected chi connectivity index (χ2v) is 5.02. The van der Waals surface area contributed by atoms with E-state index in [1.54, 1.807) is 30.6 Å². The third-order valence-electron chi connectivity index (χ3n) is 3.75. The minimum Gasteiger partial charge on any atom is -0.346 e. The molecule has 1 N–H and O–H groups in total. The van der Waals surface area contributed by atoms with Crippen LogP contribution in [0.15, 0.2) is 48.8 Å². The van der Waals surface area contributed by atoms with Gasteiger partial charge in [0, 0.05) is 23.7 Å². The van der Waals surface area contributed by atoms with Gasteiger partial charge in [-0.1, -0.05) is 12.1 Å². The SMILES string of the molecule is O=CC(C=O)C(c1ccc(F)cc1)c1c[nH]c2ncccc12. The average molecular weight is 296 g/mol. The minimum absolute atomic E-state index is 0.364. The number of benzene rings is 1. The summed E-state index contributed by atoms with van der Waals surface area (Å²) in [4.78, 5) is 29.9. The number of pyridine rings is 1. The monoisotopic (exact) mass is 296 g/mol. The number of fused-ring (bicyclic) bond motifs is 1. The first-order chi connectivity index (χ1) is 10.7. The molecule has 0 fully saturated rings. The zero-order valence-electron chi connectivity index (χ0n) is 11.6. The van der Waals surface area contributed by atoms with E-state index in [-0.39, 0.29) is 5.82 Å².